The van der Waals surface area contributed by atoms with Crippen molar-refractivity contribution in [3.05, 3.63) is 29.6 Å². The Bertz CT molecular complexity index is 759. The molecule has 1 aliphatic rings. The molecule has 2 N–H and O–H groups in total. The molecule has 2 amide bonds. The van der Waals surface area contributed by atoms with Crippen LogP contribution in [0.3, 0.4) is 0 Å². The molecule has 1 aliphatic heterocycles. The number of rotatable bonds is 8. The number of aliphatic imine (C=N–C) groups is 1. The average Bonchev–Trinajstić information content (AvgIpc) is 2.71. The van der Waals surface area contributed by atoms with Crippen LogP contribution < -0.4 is 10.5 Å². The van der Waals surface area contributed by atoms with Gasteiger partial charge >= 0.3 is 6.09 Å². The monoisotopic (exact) mass is 421 g/mol. The van der Waals surface area contributed by atoms with Gasteiger partial charge in [0.15, 0.2) is 0 Å². The molecule has 1 aromatic carbocycles. The molecule has 0 unspecified atom stereocenters. The number of hydrogen-bond donors (Lipinski definition) is 1. The smallest absolute Gasteiger partial charge is 0.410 e. The predicted molar refractivity (Wildman–Crippen MR) is 113 cm³/mol. The van der Waals surface area contributed by atoms with Crippen molar-refractivity contribution in [3.63, 3.8) is 0 Å². The van der Waals surface area contributed by atoms with E-state index in [0.717, 1.165) is 25.7 Å². The Hall–Kier alpha value is -2.64. The first-order valence-electron chi connectivity index (χ1n) is 10.5. The first-order valence-corrected chi connectivity index (χ1v) is 10.5. The molecule has 0 bridgehead atoms. The molecular weight excluding hydrogens is 389 g/mol. The van der Waals surface area contributed by atoms with Crippen LogP contribution in [0, 0.1) is 11.7 Å². The van der Waals surface area contributed by atoms with Crippen molar-refractivity contribution < 1.29 is 23.5 Å². The molecule has 0 saturated carbocycles. The number of carbonyl (C=O) groups excluding carboxylic acids is 2. The van der Waals surface area contributed by atoms with Gasteiger partial charge in [0, 0.05) is 25.6 Å². The summed E-state index contributed by atoms with van der Waals surface area (Å²) in [6.07, 6.45) is 3.79. The lowest BCUT2D eigenvalue weighted by Gasteiger charge is -2.31. The highest BCUT2D eigenvalue weighted by atomic mass is 19.1. The molecule has 1 fully saturated rings. The van der Waals surface area contributed by atoms with Crippen molar-refractivity contribution in [1.29, 1.82) is 0 Å². The van der Waals surface area contributed by atoms with E-state index in [2.05, 4.69) is 4.99 Å². The van der Waals surface area contributed by atoms with Gasteiger partial charge in [-0.3, -0.25) is 4.79 Å². The molecule has 0 atom stereocenters. The third kappa shape index (κ3) is 7.31. The Labute approximate surface area is 177 Å². The fourth-order valence-corrected chi connectivity index (χ4v) is 3.27. The van der Waals surface area contributed by atoms with Crippen molar-refractivity contribution in [1.82, 2.24) is 4.90 Å². The molecule has 0 radical (unpaired) electrons. The summed E-state index contributed by atoms with van der Waals surface area (Å²) in [5.41, 5.74) is 5.41. The fraction of sp³-hybridized carbons (Fsp3) is 0.591. The van der Waals surface area contributed by atoms with Crippen LogP contribution in [0.5, 0.6) is 5.75 Å². The van der Waals surface area contributed by atoms with Crippen LogP contribution in [0.4, 0.5) is 9.18 Å². The van der Waals surface area contributed by atoms with Gasteiger partial charge in [-0.2, -0.15) is 4.99 Å². The molecule has 166 valence electrons. The van der Waals surface area contributed by atoms with Crippen molar-refractivity contribution in [2.24, 2.45) is 16.6 Å². The first-order chi connectivity index (χ1) is 14.3. The van der Waals surface area contributed by atoms with Gasteiger partial charge in [-0.25, -0.2) is 9.18 Å². The number of likely N-dealkylation sites (tertiary alicyclic amines) is 1. The van der Waals surface area contributed by atoms with Crippen LogP contribution in [0.25, 0.3) is 0 Å². The van der Waals surface area contributed by atoms with Crippen molar-refractivity contribution in [2.75, 3.05) is 19.7 Å². The molecule has 0 spiro atoms. The third-order valence-corrected chi connectivity index (χ3v) is 5.01. The van der Waals surface area contributed by atoms with Crippen molar-refractivity contribution in [3.8, 4) is 5.75 Å². The summed E-state index contributed by atoms with van der Waals surface area (Å²) >= 11 is 0. The highest BCUT2D eigenvalue weighted by molar-refractivity contribution is 6.02. The minimum atomic E-state index is -0.693. The summed E-state index contributed by atoms with van der Waals surface area (Å²) in [7, 11) is 0. The maximum atomic E-state index is 14.2. The van der Waals surface area contributed by atoms with Crippen molar-refractivity contribution in [2.45, 2.75) is 59.0 Å². The zero-order chi connectivity index (χ0) is 22.1. The molecule has 2 rings (SSSR count). The van der Waals surface area contributed by atoms with Crippen LogP contribution in [-0.2, 0) is 4.74 Å². The summed E-state index contributed by atoms with van der Waals surface area (Å²) in [6.45, 7) is 7.34. The molecular formula is C22H32FN3O4. The van der Waals surface area contributed by atoms with E-state index in [4.69, 9.17) is 15.2 Å². The van der Waals surface area contributed by atoms with E-state index in [1.54, 1.807) is 17.9 Å². The molecule has 1 heterocycles. The lowest BCUT2D eigenvalue weighted by molar-refractivity contribution is 0.0643. The number of nitrogens with two attached hydrogens (primary N) is 1. The van der Waals surface area contributed by atoms with Gasteiger partial charge in [0.1, 0.15) is 17.4 Å². The quantitative estimate of drug-likeness (QED) is 0.387. The van der Waals surface area contributed by atoms with Gasteiger partial charge in [0.05, 0.1) is 18.3 Å². The Morgan fingerprint density at radius 3 is 2.60 bits per heavy atom. The van der Waals surface area contributed by atoms with E-state index in [0.29, 0.717) is 37.8 Å². The summed E-state index contributed by atoms with van der Waals surface area (Å²) in [5.74, 6) is -0.284. The highest BCUT2D eigenvalue weighted by Crippen LogP contribution is 2.23. The maximum Gasteiger partial charge on any atom is 0.410 e. The average molecular weight is 422 g/mol. The van der Waals surface area contributed by atoms with Crippen LogP contribution in [-0.4, -0.2) is 48.5 Å². The molecule has 7 nitrogen and oxygen atoms in total. The Kier molecular flexibility index (Phi) is 9.08. The molecule has 0 aliphatic carbocycles. The second-order valence-corrected chi connectivity index (χ2v) is 7.76. The van der Waals surface area contributed by atoms with E-state index in [9.17, 15) is 14.0 Å². The van der Waals surface area contributed by atoms with Gasteiger partial charge in [-0.15, -0.1) is 0 Å². The highest BCUT2D eigenvalue weighted by Gasteiger charge is 2.24. The maximum absolute atomic E-state index is 14.2. The number of amides is 2. The molecule has 8 heteroatoms. The van der Waals surface area contributed by atoms with Crippen LogP contribution >= 0.6 is 0 Å². The van der Waals surface area contributed by atoms with E-state index in [1.165, 1.54) is 12.1 Å². The summed E-state index contributed by atoms with van der Waals surface area (Å²) < 4.78 is 25.0. The normalized spacial score (nSPS) is 15.4. The summed E-state index contributed by atoms with van der Waals surface area (Å²) in [6, 6.07) is 4.13. The molecule has 1 saturated heterocycles. The lowest BCUT2D eigenvalue weighted by atomic mass is 9.92. The zero-order valence-electron chi connectivity index (χ0n) is 18.0. The number of halogens is 1. The molecule has 1 aromatic rings. The number of ether oxygens (including phenoxy) is 2. The summed E-state index contributed by atoms with van der Waals surface area (Å²) in [4.78, 5) is 29.2. The fourth-order valence-electron chi connectivity index (χ4n) is 3.27. The topological polar surface area (TPSA) is 94.2 Å². The second kappa shape index (κ2) is 11.5. The van der Waals surface area contributed by atoms with Crippen LogP contribution in [0.15, 0.2) is 23.2 Å². The number of benzene rings is 1. The van der Waals surface area contributed by atoms with Crippen LogP contribution in [0.2, 0.25) is 0 Å². The van der Waals surface area contributed by atoms with E-state index < -0.39 is 11.7 Å². The van der Waals surface area contributed by atoms with Gasteiger partial charge < -0.3 is 20.1 Å². The van der Waals surface area contributed by atoms with Crippen LogP contribution in [0.1, 0.15) is 63.2 Å². The van der Waals surface area contributed by atoms with Gasteiger partial charge in [0.25, 0.3) is 5.91 Å². The Morgan fingerprint density at radius 2 is 2.00 bits per heavy atom. The van der Waals surface area contributed by atoms with Gasteiger partial charge in [-0.05, 0) is 57.6 Å². The largest absolute Gasteiger partial charge is 0.493 e. The van der Waals surface area contributed by atoms with E-state index in [-0.39, 0.29) is 23.6 Å². The Morgan fingerprint density at radius 1 is 1.30 bits per heavy atom. The lowest BCUT2D eigenvalue weighted by Crippen LogP contribution is -2.39. The Balaban J connectivity index is 1.72. The minimum Gasteiger partial charge on any atom is -0.493 e. The zero-order valence-corrected chi connectivity index (χ0v) is 18.0. The number of amidine groups is 1. The van der Waals surface area contributed by atoms with Gasteiger partial charge in [0.2, 0.25) is 0 Å². The van der Waals surface area contributed by atoms with E-state index in [1.807, 2.05) is 13.8 Å². The minimum absolute atomic E-state index is 0.105. The summed E-state index contributed by atoms with van der Waals surface area (Å²) in [5, 5.41) is 0. The SMILES string of the molecule is CCC(N)=NC(=O)c1ccc(OCCCC2CCN(C(=O)OC(C)C)CC2)cc1F. The number of piperidine rings is 1. The van der Waals surface area contributed by atoms with E-state index >= 15 is 0 Å². The van der Waals surface area contributed by atoms with Gasteiger partial charge in [-0.1, -0.05) is 6.92 Å². The number of nitrogens with zero attached hydrogens (tertiary/aromatic N) is 2. The standard InChI is InChI=1S/C22H32FN3O4/c1-4-20(24)25-21(27)18-8-7-17(14-19(18)23)29-13-5-6-16-9-11-26(12-10-16)22(28)30-15(2)3/h7-8,14-16H,4-6,9-13H2,1-3H3,(H2,24,25,27). The third-order valence-electron chi connectivity index (χ3n) is 5.01. The number of hydrogen-bond acceptors (Lipinski definition) is 4. The predicted octanol–water partition coefficient (Wildman–Crippen LogP) is 4.15. The second-order valence-electron chi connectivity index (χ2n) is 7.76. The number of carbonyl (C=O) groups is 2. The molecule has 0 aromatic heterocycles. The van der Waals surface area contributed by atoms with Crippen molar-refractivity contribution >= 4 is 17.8 Å². The first kappa shape index (κ1) is 23.6. The molecule has 30 heavy (non-hydrogen) atoms.